The molecule has 29 heavy (non-hydrogen) atoms. The van der Waals surface area contributed by atoms with Gasteiger partial charge in [-0.25, -0.2) is 14.4 Å². The maximum Gasteiger partial charge on any atom is 0.132 e. The number of hydrogen-bond donors (Lipinski definition) is 2. The van der Waals surface area contributed by atoms with Crippen LogP contribution in [0.3, 0.4) is 0 Å². The third kappa shape index (κ3) is 3.98. The van der Waals surface area contributed by atoms with Gasteiger partial charge in [-0.1, -0.05) is 0 Å². The summed E-state index contributed by atoms with van der Waals surface area (Å²) in [6.45, 7) is 1.31. The van der Waals surface area contributed by atoms with Crippen LogP contribution in [0.4, 0.5) is 10.2 Å². The Bertz CT molecular complexity index is 1030. The average molecular weight is 415 g/mol. The third-order valence-corrected chi connectivity index (χ3v) is 6.50. The summed E-state index contributed by atoms with van der Waals surface area (Å²) in [5, 5.41) is 12.8. The summed E-state index contributed by atoms with van der Waals surface area (Å²) < 4.78 is 27.7. The fourth-order valence-electron chi connectivity index (χ4n) is 3.57. The lowest BCUT2D eigenvalue weighted by molar-refractivity contribution is 0.640. The minimum atomic E-state index is -0.780. The van der Waals surface area contributed by atoms with Gasteiger partial charge in [-0.05, 0) is 18.1 Å². The first-order chi connectivity index (χ1) is 13.9. The van der Waals surface area contributed by atoms with Crippen LogP contribution >= 0.6 is 0 Å². The van der Waals surface area contributed by atoms with Gasteiger partial charge in [0.05, 0.1) is 17.6 Å². The maximum atomic E-state index is 14.5. The van der Waals surface area contributed by atoms with Crippen molar-refractivity contribution in [3.8, 4) is 0 Å². The molecule has 0 saturated carbocycles. The molecule has 1 fully saturated rings. The Morgan fingerprint density at radius 2 is 2.10 bits per heavy atom. The highest BCUT2D eigenvalue weighted by molar-refractivity contribution is 7.85. The molecule has 8 nitrogen and oxygen atoms in total. The SMILES string of the molecule is Cn1cc(C2=C(F)C=C(N)C(C(=N)c3cc(N4CCS(=O)CC4)ncn3)C2)cn1. The van der Waals surface area contributed by atoms with Crippen molar-refractivity contribution in [1.29, 1.82) is 5.41 Å². The quantitative estimate of drug-likeness (QED) is 0.730. The van der Waals surface area contributed by atoms with Gasteiger partial charge in [0.1, 0.15) is 18.0 Å². The molecule has 2 aromatic rings. The number of hydrogen-bond acceptors (Lipinski definition) is 7. The highest BCUT2D eigenvalue weighted by Gasteiger charge is 2.29. The van der Waals surface area contributed by atoms with E-state index < -0.39 is 22.5 Å². The molecular weight excluding hydrogens is 393 g/mol. The number of rotatable bonds is 4. The smallest absolute Gasteiger partial charge is 0.132 e. The van der Waals surface area contributed by atoms with Crippen molar-refractivity contribution in [2.24, 2.45) is 18.7 Å². The van der Waals surface area contributed by atoms with E-state index in [4.69, 9.17) is 11.1 Å². The van der Waals surface area contributed by atoms with Gasteiger partial charge < -0.3 is 16.0 Å². The molecule has 3 N–H and O–H groups in total. The monoisotopic (exact) mass is 415 g/mol. The van der Waals surface area contributed by atoms with E-state index >= 15 is 0 Å². The zero-order chi connectivity index (χ0) is 20.5. The van der Waals surface area contributed by atoms with Crippen LogP contribution in [0, 0.1) is 11.3 Å². The summed E-state index contributed by atoms with van der Waals surface area (Å²) in [6.07, 6.45) is 6.32. The molecule has 0 bridgehead atoms. The Morgan fingerprint density at radius 1 is 1.34 bits per heavy atom. The van der Waals surface area contributed by atoms with Gasteiger partial charge in [0.2, 0.25) is 0 Å². The van der Waals surface area contributed by atoms with Crippen LogP contribution in [-0.4, -0.2) is 54.3 Å². The lowest BCUT2D eigenvalue weighted by Gasteiger charge is -2.28. The van der Waals surface area contributed by atoms with E-state index in [2.05, 4.69) is 15.1 Å². The standard InChI is InChI=1S/C19H22FN7OS/c1-26-10-12(9-25-26)13-6-14(16(21)7-15(13)20)19(22)17-8-18(24-11-23-17)27-2-4-29(28)5-3-27/h7-11,14,22H,2-6,21H2,1H3. The molecule has 1 saturated heterocycles. The molecule has 0 radical (unpaired) electrons. The van der Waals surface area contributed by atoms with E-state index in [9.17, 15) is 8.60 Å². The van der Waals surface area contributed by atoms with E-state index in [0.717, 1.165) is 0 Å². The number of nitrogens with zero attached hydrogens (tertiary/aromatic N) is 5. The number of aryl methyl sites for hydroxylation is 1. The Kier molecular flexibility index (Phi) is 5.27. The highest BCUT2D eigenvalue weighted by atomic mass is 32.2. The second kappa shape index (κ2) is 7.86. The second-order valence-corrected chi connectivity index (χ2v) is 8.84. The van der Waals surface area contributed by atoms with Crippen molar-refractivity contribution >= 4 is 27.9 Å². The molecule has 2 aromatic heterocycles. The second-order valence-electron chi connectivity index (χ2n) is 7.14. The largest absolute Gasteiger partial charge is 0.401 e. The van der Waals surface area contributed by atoms with Crippen molar-refractivity contribution in [3.63, 3.8) is 0 Å². The summed E-state index contributed by atoms with van der Waals surface area (Å²) in [4.78, 5) is 10.6. The van der Waals surface area contributed by atoms with Gasteiger partial charge in [0.25, 0.3) is 0 Å². The third-order valence-electron chi connectivity index (χ3n) is 5.22. The van der Waals surface area contributed by atoms with Crippen LogP contribution in [0.15, 0.2) is 42.4 Å². The molecule has 1 unspecified atom stereocenters. The van der Waals surface area contributed by atoms with Crippen molar-refractivity contribution in [1.82, 2.24) is 19.7 Å². The van der Waals surface area contributed by atoms with Crippen molar-refractivity contribution < 1.29 is 8.60 Å². The summed E-state index contributed by atoms with van der Waals surface area (Å²) in [5.74, 6) is 1.02. The van der Waals surface area contributed by atoms with Crippen LogP contribution in [0.25, 0.3) is 5.57 Å². The molecule has 0 aromatic carbocycles. The molecule has 0 amide bonds. The Labute approximate surface area is 170 Å². The minimum Gasteiger partial charge on any atom is -0.401 e. The number of anilines is 1. The van der Waals surface area contributed by atoms with Crippen LogP contribution in [-0.2, 0) is 17.8 Å². The molecule has 1 aliphatic heterocycles. The van der Waals surface area contributed by atoms with Crippen LogP contribution < -0.4 is 10.6 Å². The molecule has 2 aliphatic rings. The van der Waals surface area contributed by atoms with E-state index in [-0.39, 0.29) is 12.1 Å². The van der Waals surface area contributed by atoms with Gasteiger partial charge in [-0.15, -0.1) is 0 Å². The Morgan fingerprint density at radius 3 is 2.79 bits per heavy atom. The molecule has 0 spiro atoms. The number of nitrogens with one attached hydrogen (secondary N) is 1. The molecule has 4 rings (SSSR count). The zero-order valence-electron chi connectivity index (χ0n) is 16.0. The molecule has 3 heterocycles. The number of nitrogens with two attached hydrogens (primary N) is 1. The summed E-state index contributed by atoms with van der Waals surface area (Å²) >= 11 is 0. The molecule has 1 aliphatic carbocycles. The molecule has 10 heteroatoms. The topological polar surface area (TPSA) is 114 Å². The van der Waals surface area contributed by atoms with Gasteiger partial charge in [0, 0.05) is 71.9 Å². The molecular formula is C19H22FN7OS. The van der Waals surface area contributed by atoms with Crippen LogP contribution in [0.2, 0.25) is 0 Å². The molecule has 152 valence electrons. The number of halogens is 1. The van der Waals surface area contributed by atoms with Gasteiger partial charge in [-0.2, -0.15) is 5.10 Å². The number of allylic oxidation sites excluding steroid dienone is 4. The van der Waals surface area contributed by atoms with E-state index in [0.29, 0.717) is 52.9 Å². The fraction of sp³-hybridized carbons (Fsp3) is 0.368. The van der Waals surface area contributed by atoms with Crippen molar-refractivity contribution in [3.05, 3.63) is 53.6 Å². The van der Waals surface area contributed by atoms with E-state index in [1.165, 1.54) is 12.4 Å². The van der Waals surface area contributed by atoms with Gasteiger partial charge in [0.15, 0.2) is 0 Å². The average Bonchev–Trinajstić information content (AvgIpc) is 3.14. The van der Waals surface area contributed by atoms with Gasteiger partial charge >= 0.3 is 0 Å². The first-order valence-electron chi connectivity index (χ1n) is 9.28. The number of aromatic nitrogens is 4. The van der Waals surface area contributed by atoms with Crippen LogP contribution in [0.5, 0.6) is 0 Å². The summed E-state index contributed by atoms with van der Waals surface area (Å²) in [7, 11) is 0.991. The minimum absolute atomic E-state index is 0.219. The lowest BCUT2D eigenvalue weighted by Crippen LogP contribution is -2.38. The fourth-order valence-corrected chi connectivity index (χ4v) is 4.62. The predicted octanol–water partition coefficient (Wildman–Crippen LogP) is 1.39. The lowest BCUT2D eigenvalue weighted by atomic mass is 9.84. The Hall–Kier alpha value is -2.88. The summed E-state index contributed by atoms with van der Waals surface area (Å²) in [5.41, 5.74) is 8.22. The molecule has 1 atom stereocenters. The predicted molar refractivity (Wildman–Crippen MR) is 111 cm³/mol. The Balaban J connectivity index is 1.57. The normalized spacial score (nSPS) is 20.7. The van der Waals surface area contributed by atoms with Gasteiger partial charge in [-0.3, -0.25) is 8.89 Å². The van der Waals surface area contributed by atoms with Crippen LogP contribution in [0.1, 0.15) is 17.7 Å². The highest BCUT2D eigenvalue weighted by Crippen LogP contribution is 2.35. The summed E-state index contributed by atoms with van der Waals surface area (Å²) in [6, 6.07) is 1.75. The first-order valence-corrected chi connectivity index (χ1v) is 10.8. The van der Waals surface area contributed by atoms with Crippen molar-refractivity contribution in [2.45, 2.75) is 6.42 Å². The van der Waals surface area contributed by atoms with E-state index in [1.54, 1.807) is 30.2 Å². The first kappa shape index (κ1) is 19.4. The van der Waals surface area contributed by atoms with E-state index in [1.807, 2.05) is 4.90 Å². The van der Waals surface area contributed by atoms with Crippen molar-refractivity contribution in [2.75, 3.05) is 29.5 Å². The maximum absolute atomic E-state index is 14.5. The zero-order valence-corrected chi connectivity index (χ0v) is 16.8.